The van der Waals surface area contributed by atoms with E-state index in [4.69, 9.17) is 4.42 Å². The molecular formula is C11H16BF4N5O. The molecule has 6 nitrogen and oxygen atoms in total. The summed E-state index contributed by atoms with van der Waals surface area (Å²) in [7, 11) is 1.72. The lowest BCUT2D eigenvalue weighted by Gasteiger charge is -2.11. The number of fused-ring (bicyclic) bond motifs is 1. The minimum absolute atomic E-state index is 0.689. The molecule has 0 bridgehead atoms. The normalized spacial score (nSPS) is 10.7. The molecule has 0 atom stereocenters. The van der Waals surface area contributed by atoms with Crippen LogP contribution in [0.5, 0.6) is 5.75 Å². The molecule has 0 saturated heterocycles. The van der Waals surface area contributed by atoms with E-state index in [-0.39, 0.29) is 0 Å². The molecule has 0 aliphatic rings. The molecule has 0 saturated carbocycles. The van der Waals surface area contributed by atoms with Gasteiger partial charge in [0.2, 0.25) is 5.52 Å². The fourth-order valence-electron chi connectivity index (χ4n) is 1.61. The molecule has 22 heavy (non-hydrogen) atoms. The van der Waals surface area contributed by atoms with Crippen LogP contribution >= 0.6 is 0 Å². The van der Waals surface area contributed by atoms with E-state index in [1.165, 1.54) is 0 Å². The fourth-order valence-corrected chi connectivity index (χ4v) is 1.61. The maximum atomic E-state index is 9.75. The molecule has 1 aromatic carbocycles. The number of amides is 2. The largest absolute Gasteiger partial charge is 0.673 e. The lowest BCUT2D eigenvalue weighted by atomic mass is 10.3. The monoisotopic (exact) mass is 321 g/mol. The zero-order valence-corrected chi connectivity index (χ0v) is 12.5. The third-order valence-corrected chi connectivity index (χ3v) is 2.29. The first-order valence-electron chi connectivity index (χ1n) is 6.16. The zero-order chi connectivity index (χ0) is 16.9. The molecule has 2 aromatic rings. The van der Waals surface area contributed by atoms with Gasteiger partial charge in [-0.15, -0.1) is 5.10 Å². The van der Waals surface area contributed by atoms with Crippen molar-refractivity contribution in [3.63, 3.8) is 0 Å². The van der Waals surface area contributed by atoms with Gasteiger partial charge < -0.3 is 17.3 Å². The Labute approximate surface area is 124 Å². The zero-order valence-electron chi connectivity index (χ0n) is 12.5. The number of aromatic amines is 1. The first kappa shape index (κ1) is 17.7. The molecule has 11 heteroatoms. The highest BCUT2D eigenvalue weighted by molar-refractivity contribution is 6.50. The van der Waals surface area contributed by atoms with Crippen LogP contribution in [0.25, 0.3) is 11.0 Å². The molecule has 0 unspecified atom stereocenters. The fraction of sp³-hybridized carbons (Fsp3) is 0.364. The summed E-state index contributed by atoms with van der Waals surface area (Å²) >= 11 is 0. The molecule has 0 aliphatic heterocycles. The van der Waals surface area contributed by atoms with Gasteiger partial charge in [0.25, 0.3) is 0 Å². The van der Waals surface area contributed by atoms with Crippen molar-refractivity contribution in [1.82, 2.24) is 25.2 Å². The number of halogens is 4. The number of aromatic nitrogens is 3. The second kappa shape index (κ2) is 7.10. The van der Waals surface area contributed by atoms with Gasteiger partial charge in [-0.25, -0.2) is 0 Å². The van der Waals surface area contributed by atoms with E-state index in [0.717, 1.165) is 17.1 Å². The minimum atomic E-state index is -6.00. The molecule has 0 fully saturated rings. The van der Waals surface area contributed by atoms with Gasteiger partial charge in [-0.2, -0.15) is 4.42 Å². The van der Waals surface area contributed by atoms with E-state index in [1.54, 1.807) is 0 Å². The van der Waals surface area contributed by atoms with Crippen molar-refractivity contribution >= 4 is 24.3 Å². The van der Waals surface area contributed by atoms with Crippen LogP contribution < -0.4 is 0 Å². The van der Waals surface area contributed by atoms with Crippen molar-refractivity contribution in [2.45, 2.75) is 0 Å². The number of H-pyrrole nitrogens is 1. The smallest absolute Gasteiger partial charge is 0.418 e. The Bertz CT molecular complexity index is 625. The molecule has 2 amide bonds. The van der Waals surface area contributed by atoms with Gasteiger partial charge in [-0.3, -0.25) is 14.9 Å². The Balaban J connectivity index is 0.000000422. The summed E-state index contributed by atoms with van der Waals surface area (Å²) in [6.45, 7) is 0. The minimum Gasteiger partial charge on any atom is -0.418 e. The second-order valence-corrected chi connectivity index (χ2v) is 4.63. The summed E-state index contributed by atoms with van der Waals surface area (Å²) in [5.41, 5.74) is 1.59. The lowest BCUT2D eigenvalue weighted by molar-refractivity contribution is -0.0445. The summed E-state index contributed by atoms with van der Waals surface area (Å²) in [5.74, 6) is 0.689. The first-order valence-corrected chi connectivity index (χ1v) is 6.16. The van der Waals surface area contributed by atoms with E-state index in [1.807, 2.05) is 56.2 Å². The van der Waals surface area contributed by atoms with Gasteiger partial charge in [-0.05, 0) is 6.07 Å². The SMILES string of the molecule is CN(C)C(=[O+]c1cccc2[nH]nnc12)N(C)C.F[B-](F)(F)F. The average molecular weight is 321 g/mol. The summed E-state index contributed by atoms with van der Waals surface area (Å²) in [6, 6.07) is 6.42. The van der Waals surface area contributed by atoms with Crippen LogP contribution in [0.1, 0.15) is 0 Å². The summed E-state index contributed by atoms with van der Waals surface area (Å²) in [4.78, 5) is 3.80. The highest BCUT2D eigenvalue weighted by atomic mass is 19.5. The van der Waals surface area contributed by atoms with Gasteiger partial charge >= 0.3 is 19.0 Å². The molecule has 0 aliphatic carbocycles. The van der Waals surface area contributed by atoms with Crippen molar-refractivity contribution in [2.75, 3.05) is 28.2 Å². The van der Waals surface area contributed by atoms with Gasteiger partial charge in [0.15, 0.2) is 0 Å². The number of hydrogen-bond donors (Lipinski definition) is 1. The van der Waals surface area contributed by atoms with E-state index in [9.17, 15) is 17.3 Å². The van der Waals surface area contributed by atoms with E-state index >= 15 is 0 Å². The van der Waals surface area contributed by atoms with E-state index in [0.29, 0.717) is 5.75 Å². The molecule has 1 heterocycles. The number of rotatable bonds is 1. The predicted molar refractivity (Wildman–Crippen MR) is 76.3 cm³/mol. The quantitative estimate of drug-likeness (QED) is 0.499. The predicted octanol–water partition coefficient (Wildman–Crippen LogP) is 2.75. The molecule has 1 N–H and O–H groups in total. The lowest BCUT2D eigenvalue weighted by Crippen LogP contribution is -2.34. The highest BCUT2D eigenvalue weighted by Gasteiger charge is 2.22. The Morgan fingerprint density at radius 1 is 1.09 bits per heavy atom. The van der Waals surface area contributed by atoms with Gasteiger partial charge in [0, 0.05) is 34.3 Å². The number of benzene rings is 1. The molecule has 0 radical (unpaired) electrons. The number of nitrogens with zero attached hydrogens (tertiary/aromatic N) is 4. The van der Waals surface area contributed by atoms with Crippen LogP contribution in [0.15, 0.2) is 18.2 Å². The van der Waals surface area contributed by atoms with Gasteiger partial charge in [-0.1, -0.05) is 11.3 Å². The molecular weight excluding hydrogens is 305 g/mol. The standard InChI is InChI=1S/C11H16N5O.BF4/c1-15(2)11(16(3)4)17-9-7-5-6-8-10(9)13-14-12-8;2-1(3,4)5/h5-7H,1-4H3,(H,12,13,14);/q+1;-1. The maximum Gasteiger partial charge on any atom is 0.673 e. The van der Waals surface area contributed by atoms with Crippen LogP contribution in [0.3, 0.4) is 0 Å². The summed E-state index contributed by atoms with van der Waals surface area (Å²) < 4.78 is 44.9. The van der Waals surface area contributed by atoms with Crippen LogP contribution in [0, 0.1) is 0 Å². The summed E-state index contributed by atoms with van der Waals surface area (Å²) in [6.07, 6.45) is 0. The third-order valence-electron chi connectivity index (χ3n) is 2.29. The van der Waals surface area contributed by atoms with Gasteiger partial charge in [0.05, 0.1) is 5.52 Å². The second-order valence-electron chi connectivity index (χ2n) is 4.63. The number of urea groups is 1. The maximum absolute atomic E-state index is 9.75. The van der Waals surface area contributed by atoms with E-state index < -0.39 is 7.25 Å². The summed E-state index contributed by atoms with van der Waals surface area (Å²) in [5, 5.41) is 10.6. The number of hydrogen-bond acceptors (Lipinski definition) is 2. The highest BCUT2D eigenvalue weighted by Crippen LogP contribution is 2.28. The van der Waals surface area contributed by atoms with Crippen LogP contribution in [0.4, 0.5) is 21.7 Å². The Morgan fingerprint density at radius 3 is 2.14 bits per heavy atom. The molecule has 1 aromatic heterocycles. The molecule has 0 spiro atoms. The van der Waals surface area contributed by atoms with E-state index in [2.05, 4.69) is 15.4 Å². The van der Waals surface area contributed by atoms with Crippen LogP contribution in [-0.4, -0.2) is 66.7 Å². The Kier molecular flexibility index (Phi) is 5.72. The van der Waals surface area contributed by atoms with Crippen molar-refractivity contribution in [2.24, 2.45) is 0 Å². The Morgan fingerprint density at radius 2 is 1.64 bits per heavy atom. The number of nitrogens with one attached hydrogen (secondary N) is 1. The topological polar surface area (TPSA) is 59.4 Å². The molecule has 2 rings (SSSR count). The van der Waals surface area contributed by atoms with Gasteiger partial charge in [0.1, 0.15) is 0 Å². The van der Waals surface area contributed by atoms with Crippen LogP contribution in [0.2, 0.25) is 0 Å². The first-order chi connectivity index (χ1) is 10.1. The van der Waals surface area contributed by atoms with Crippen LogP contribution in [-0.2, 0) is 0 Å². The third kappa shape index (κ3) is 5.58. The van der Waals surface area contributed by atoms with Crippen molar-refractivity contribution in [3.05, 3.63) is 18.2 Å². The van der Waals surface area contributed by atoms with Crippen molar-refractivity contribution in [1.29, 1.82) is 0 Å². The molecule has 122 valence electrons. The van der Waals surface area contributed by atoms with Crippen molar-refractivity contribution in [3.8, 4) is 5.75 Å². The average Bonchev–Trinajstić information content (AvgIpc) is 2.81. The van der Waals surface area contributed by atoms with Crippen molar-refractivity contribution < 1.29 is 21.7 Å². The number of carbonyl (C=O) groups excluding carboxylic acids is 1. The Hall–Kier alpha value is -2.33.